The van der Waals surface area contributed by atoms with E-state index in [0.717, 1.165) is 16.7 Å². The van der Waals surface area contributed by atoms with Crippen LogP contribution in [0.3, 0.4) is 0 Å². The molecule has 0 saturated heterocycles. The average Bonchev–Trinajstić information content (AvgIpc) is 2.87. The van der Waals surface area contributed by atoms with Crippen LogP contribution in [0, 0.1) is 0 Å². The van der Waals surface area contributed by atoms with Crippen LogP contribution in [0.1, 0.15) is 37.0 Å². The third-order valence-corrected chi connectivity index (χ3v) is 4.71. The van der Waals surface area contributed by atoms with Crippen LogP contribution in [0.25, 0.3) is 0 Å². The van der Waals surface area contributed by atoms with Crippen LogP contribution in [0.5, 0.6) is 0 Å². The molecule has 3 aromatic rings. The molecule has 170 valence electrons. The maximum atomic E-state index is 5.63. The van der Waals surface area contributed by atoms with E-state index in [4.69, 9.17) is 14.5 Å². The van der Waals surface area contributed by atoms with Crippen molar-refractivity contribution in [2.45, 2.75) is 40.1 Å². The van der Waals surface area contributed by atoms with Gasteiger partial charge in [-0.2, -0.15) is 0 Å². The lowest BCUT2D eigenvalue weighted by molar-refractivity contribution is 0.125. The highest BCUT2D eigenvalue weighted by atomic mass is 16.6. The summed E-state index contributed by atoms with van der Waals surface area (Å²) in [5, 5.41) is 12.9. The minimum absolute atomic E-state index is 0.338. The normalized spacial score (nSPS) is 12.4. The Morgan fingerprint density at radius 3 is 1.39 bits per heavy atom. The summed E-state index contributed by atoms with van der Waals surface area (Å²) in [6.07, 6.45) is 0.591. The maximum Gasteiger partial charge on any atom is 0.152 e. The Labute approximate surface area is 195 Å². The van der Waals surface area contributed by atoms with Crippen molar-refractivity contribution in [3.63, 3.8) is 0 Å². The number of nitrogens with zero attached hydrogens (tertiary/aromatic N) is 3. The third kappa shape index (κ3) is 8.26. The molecule has 0 aliphatic carbocycles. The molecule has 0 heterocycles. The van der Waals surface area contributed by atoms with Gasteiger partial charge in [0.25, 0.3) is 0 Å². The topological polar surface area (TPSA) is 64.8 Å². The standard InChI is InChI=1S/C27H29N3O3/c1-3-26(29-32-20-24-15-9-5-10-16-24)27(30-33-21-25-17-11-6-12-18-25)22(2)28-31-19-23-13-7-4-8-14-23/h4-18H,3,19-21H2,1-2H3. The van der Waals surface area contributed by atoms with Crippen LogP contribution < -0.4 is 0 Å². The Balaban J connectivity index is 1.72. The molecule has 0 bridgehead atoms. The number of oxime groups is 3. The molecule has 3 rings (SSSR count). The molecular weight excluding hydrogens is 414 g/mol. The lowest BCUT2D eigenvalue weighted by Gasteiger charge is -2.09. The lowest BCUT2D eigenvalue weighted by atomic mass is 10.1. The van der Waals surface area contributed by atoms with Gasteiger partial charge in [0, 0.05) is 0 Å². The van der Waals surface area contributed by atoms with Crippen molar-refractivity contribution in [2.24, 2.45) is 15.5 Å². The van der Waals surface area contributed by atoms with Gasteiger partial charge in [-0.1, -0.05) is 113 Å². The molecule has 0 spiro atoms. The Morgan fingerprint density at radius 1 is 0.576 bits per heavy atom. The molecule has 0 atom stereocenters. The van der Waals surface area contributed by atoms with Crippen LogP contribution in [-0.4, -0.2) is 17.1 Å². The second kappa shape index (κ2) is 13.5. The molecule has 0 aliphatic rings. The second-order valence-electron chi connectivity index (χ2n) is 7.29. The van der Waals surface area contributed by atoms with E-state index in [9.17, 15) is 0 Å². The van der Waals surface area contributed by atoms with Gasteiger partial charge >= 0.3 is 0 Å². The minimum atomic E-state index is 0.338. The molecule has 0 saturated carbocycles. The average molecular weight is 444 g/mol. The van der Waals surface area contributed by atoms with Crippen LogP contribution in [0.4, 0.5) is 0 Å². The van der Waals surface area contributed by atoms with Gasteiger partial charge in [0.2, 0.25) is 0 Å². The monoisotopic (exact) mass is 443 g/mol. The summed E-state index contributed by atoms with van der Waals surface area (Å²) in [7, 11) is 0. The van der Waals surface area contributed by atoms with Crippen LogP contribution in [-0.2, 0) is 34.3 Å². The summed E-state index contributed by atoms with van der Waals surface area (Å²) < 4.78 is 0. The first kappa shape index (κ1) is 23.7. The highest BCUT2D eigenvalue weighted by Crippen LogP contribution is 2.06. The number of hydrogen-bond donors (Lipinski definition) is 0. The van der Waals surface area contributed by atoms with Gasteiger partial charge in [-0.15, -0.1) is 0 Å². The van der Waals surface area contributed by atoms with Gasteiger partial charge in [0.1, 0.15) is 31.2 Å². The van der Waals surface area contributed by atoms with E-state index < -0.39 is 0 Å². The molecule has 33 heavy (non-hydrogen) atoms. The molecule has 6 heteroatoms. The van der Waals surface area contributed by atoms with Gasteiger partial charge in [0.15, 0.2) is 5.71 Å². The van der Waals surface area contributed by atoms with E-state index in [2.05, 4.69) is 15.5 Å². The van der Waals surface area contributed by atoms with Crippen molar-refractivity contribution in [3.05, 3.63) is 108 Å². The zero-order chi connectivity index (χ0) is 23.1. The summed E-state index contributed by atoms with van der Waals surface area (Å²) in [4.78, 5) is 16.8. The molecule has 0 fully saturated rings. The Morgan fingerprint density at radius 2 is 0.970 bits per heavy atom. The largest absolute Gasteiger partial charge is 0.391 e. The van der Waals surface area contributed by atoms with E-state index in [1.165, 1.54) is 0 Å². The first-order valence-electron chi connectivity index (χ1n) is 10.9. The number of benzene rings is 3. The third-order valence-electron chi connectivity index (χ3n) is 4.71. The van der Waals surface area contributed by atoms with Crippen LogP contribution in [0.2, 0.25) is 0 Å². The molecule has 0 radical (unpaired) electrons. The number of hydrogen-bond acceptors (Lipinski definition) is 6. The Kier molecular flexibility index (Phi) is 9.69. The summed E-state index contributed by atoms with van der Waals surface area (Å²) in [5.41, 5.74) is 4.77. The SMILES string of the molecule is CCC(=NOCc1ccccc1)C(=NOCc1ccccc1)C(C)=NOCc1ccccc1. The zero-order valence-electron chi connectivity index (χ0n) is 19.1. The van der Waals surface area contributed by atoms with Gasteiger partial charge < -0.3 is 14.5 Å². The first-order valence-corrected chi connectivity index (χ1v) is 10.9. The molecule has 0 aliphatic heterocycles. The van der Waals surface area contributed by atoms with Crippen molar-refractivity contribution in [2.75, 3.05) is 0 Å². The van der Waals surface area contributed by atoms with Crippen LogP contribution in [0.15, 0.2) is 106 Å². The van der Waals surface area contributed by atoms with E-state index in [1.807, 2.05) is 105 Å². The summed E-state index contributed by atoms with van der Waals surface area (Å²) >= 11 is 0. The van der Waals surface area contributed by atoms with E-state index in [1.54, 1.807) is 0 Å². The van der Waals surface area contributed by atoms with Crippen molar-refractivity contribution >= 4 is 17.1 Å². The second-order valence-corrected chi connectivity index (χ2v) is 7.29. The predicted molar refractivity (Wildman–Crippen MR) is 132 cm³/mol. The quantitative estimate of drug-likeness (QED) is 0.250. The molecule has 3 aromatic carbocycles. The van der Waals surface area contributed by atoms with Gasteiger partial charge in [-0.05, 0) is 30.0 Å². The molecule has 6 nitrogen and oxygen atoms in total. The highest BCUT2D eigenvalue weighted by molar-refractivity contribution is 6.68. The maximum absolute atomic E-state index is 5.63. The summed E-state index contributed by atoms with van der Waals surface area (Å²) in [5.74, 6) is 0. The first-order chi connectivity index (χ1) is 16.3. The molecular formula is C27H29N3O3. The van der Waals surface area contributed by atoms with Crippen LogP contribution >= 0.6 is 0 Å². The van der Waals surface area contributed by atoms with Gasteiger partial charge in [0.05, 0.1) is 0 Å². The fraction of sp³-hybridized carbons (Fsp3) is 0.222. The predicted octanol–water partition coefficient (Wildman–Crippen LogP) is 6.13. The molecule has 0 amide bonds. The fourth-order valence-corrected chi connectivity index (χ4v) is 2.93. The lowest BCUT2D eigenvalue weighted by Crippen LogP contribution is -2.23. The Hall–Kier alpha value is -3.93. The van der Waals surface area contributed by atoms with E-state index in [-0.39, 0.29) is 0 Å². The van der Waals surface area contributed by atoms with Gasteiger partial charge in [-0.25, -0.2) is 0 Å². The molecule has 0 aromatic heterocycles. The van der Waals surface area contributed by atoms with E-state index in [0.29, 0.717) is 43.4 Å². The van der Waals surface area contributed by atoms with E-state index >= 15 is 0 Å². The van der Waals surface area contributed by atoms with Gasteiger partial charge in [-0.3, -0.25) is 0 Å². The fourth-order valence-electron chi connectivity index (χ4n) is 2.93. The Bertz CT molecular complexity index is 1050. The number of rotatable bonds is 12. The molecule has 0 N–H and O–H groups in total. The summed E-state index contributed by atoms with van der Waals surface area (Å²) in [6, 6.07) is 29.6. The summed E-state index contributed by atoms with van der Waals surface area (Å²) in [6.45, 7) is 4.86. The molecule has 0 unspecified atom stereocenters. The van der Waals surface area contributed by atoms with Crippen molar-refractivity contribution < 1.29 is 14.5 Å². The highest BCUT2D eigenvalue weighted by Gasteiger charge is 2.15. The van der Waals surface area contributed by atoms with Crippen molar-refractivity contribution in [1.82, 2.24) is 0 Å². The smallest absolute Gasteiger partial charge is 0.152 e. The van der Waals surface area contributed by atoms with Crippen molar-refractivity contribution in [3.8, 4) is 0 Å². The van der Waals surface area contributed by atoms with Crippen molar-refractivity contribution in [1.29, 1.82) is 0 Å². The zero-order valence-corrected chi connectivity index (χ0v) is 19.1. The minimum Gasteiger partial charge on any atom is -0.391 e.